The van der Waals surface area contributed by atoms with E-state index >= 15 is 0 Å². The summed E-state index contributed by atoms with van der Waals surface area (Å²) < 4.78 is 0. The maximum atomic E-state index is 12.5. The first kappa shape index (κ1) is 29.9. The highest BCUT2D eigenvalue weighted by molar-refractivity contribution is 7.95. The fourth-order valence-corrected chi connectivity index (χ4v) is 10.2. The molecule has 0 aromatic heterocycles. The summed E-state index contributed by atoms with van der Waals surface area (Å²) in [5, 5.41) is 4.36. The van der Waals surface area contributed by atoms with E-state index in [1.165, 1.54) is 52.7 Å². The summed E-state index contributed by atoms with van der Waals surface area (Å²) in [6.45, 7) is 0.518. The number of fused-ring (bicyclic) bond motifs is 1. The van der Waals surface area contributed by atoms with Gasteiger partial charge in [-0.25, -0.2) is 0 Å². The zero-order valence-electron chi connectivity index (χ0n) is 22.9. The molecule has 1 heterocycles. The monoisotopic (exact) mass is 613 g/mol. The molecule has 0 saturated heterocycles. The van der Waals surface area contributed by atoms with E-state index in [9.17, 15) is 9.59 Å². The average molecular weight is 615 g/mol. The van der Waals surface area contributed by atoms with Crippen molar-refractivity contribution in [2.75, 3.05) is 12.7 Å². The zero-order chi connectivity index (χ0) is 26.9. The second kappa shape index (κ2) is 14.5. The number of benzene rings is 4. The molecular weight excluding hydrogens is 577 g/mol. The third-order valence-electron chi connectivity index (χ3n) is 7.84. The van der Waals surface area contributed by atoms with E-state index in [0.29, 0.717) is 17.7 Å². The van der Waals surface area contributed by atoms with Crippen molar-refractivity contribution in [2.45, 2.75) is 44.9 Å². The number of nitrogens with zero attached hydrogens (tertiary/aromatic N) is 1. The maximum absolute atomic E-state index is 12.5. The standard InChI is InChI=1S/C35H37NO2P.BrH/c37-34-32-25-15-16-26-33(32)35(38)36(34)27-17-4-2-1-3-5-18-28-39(29-19-9-6-10-20-29,30-21-11-7-12-22-30)31-23-13-8-14-24-31;/h6-16,19-26H,1-5,17-18,27-28H2;1H/q+1;/p-1. The van der Waals surface area contributed by atoms with E-state index in [2.05, 4.69) is 91.0 Å². The van der Waals surface area contributed by atoms with Crippen molar-refractivity contribution >= 4 is 35.0 Å². The van der Waals surface area contributed by atoms with Crippen LogP contribution in [0.5, 0.6) is 0 Å². The first-order valence-corrected chi connectivity index (χ1v) is 16.2. The molecule has 5 heteroatoms. The van der Waals surface area contributed by atoms with Gasteiger partial charge in [0.05, 0.1) is 17.3 Å². The minimum atomic E-state index is -1.74. The van der Waals surface area contributed by atoms with Crippen LogP contribution in [0.3, 0.4) is 0 Å². The Balaban J connectivity index is 0.00000370. The van der Waals surface area contributed by atoms with Crippen LogP contribution in [0.2, 0.25) is 0 Å². The fourth-order valence-electron chi connectivity index (χ4n) is 5.83. The van der Waals surface area contributed by atoms with Gasteiger partial charge in [0.25, 0.3) is 11.8 Å². The predicted molar refractivity (Wildman–Crippen MR) is 164 cm³/mol. The Hall–Kier alpha value is -3.07. The molecule has 0 spiro atoms. The van der Waals surface area contributed by atoms with Gasteiger partial charge in [0.2, 0.25) is 0 Å². The lowest BCUT2D eigenvalue weighted by Gasteiger charge is -2.27. The van der Waals surface area contributed by atoms with Gasteiger partial charge < -0.3 is 17.0 Å². The third kappa shape index (κ3) is 6.45. The van der Waals surface area contributed by atoms with E-state index < -0.39 is 7.26 Å². The minimum Gasteiger partial charge on any atom is -1.00 e. The first-order valence-electron chi connectivity index (χ1n) is 14.2. The van der Waals surface area contributed by atoms with Crippen LogP contribution in [0, 0.1) is 0 Å². The predicted octanol–water partition coefficient (Wildman–Crippen LogP) is 4.01. The van der Waals surface area contributed by atoms with E-state index in [1.807, 2.05) is 12.1 Å². The zero-order valence-corrected chi connectivity index (χ0v) is 25.4. The van der Waals surface area contributed by atoms with Crippen LogP contribution in [-0.2, 0) is 0 Å². The van der Waals surface area contributed by atoms with Crippen molar-refractivity contribution in [2.24, 2.45) is 0 Å². The lowest BCUT2D eigenvalue weighted by atomic mass is 10.1. The van der Waals surface area contributed by atoms with Gasteiger partial charge in [0.1, 0.15) is 23.2 Å². The molecule has 4 aromatic carbocycles. The van der Waals surface area contributed by atoms with Crippen LogP contribution >= 0.6 is 7.26 Å². The van der Waals surface area contributed by atoms with Crippen LogP contribution in [0.25, 0.3) is 0 Å². The molecule has 4 aromatic rings. The number of carbonyl (C=O) groups excluding carboxylic acids is 2. The molecule has 3 nitrogen and oxygen atoms in total. The molecule has 2 amide bonds. The molecule has 0 saturated carbocycles. The summed E-state index contributed by atoms with van der Waals surface area (Å²) in [6, 6.07) is 40.5. The summed E-state index contributed by atoms with van der Waals surface area (Å²) in [6.07, 6.45) is 9.04. The number of carbonyl (C=O) groups is 2. The Morgan fingerprint density at radius 1 is 0.450 bits per heavy atom. The minimum absolute atomic E-state index is 0. The second-order valence-corrected chi connectivity index (χ2v) is 13.9. The number of imide groups is 1. The van der Waals surface area contributed by atoms with E-state index in [4.69, 9.17) is 0 Å². The van der Waals surface area contributed by atoms with Gasteiger partial charge in [0, 0.05) is 6.54 Å². The van der Waals surface area contributed by atoms with Crippen LogP contribution in [-0.4, -0.2) is 29.4 Å². The topological polar surface area (TPSA) is 37.4 Å². The van der Waals surface area contributed by atoms with Crippen molar-refractivity contribution < 1.29 is 26.6 Å². The Morgan fingerprint density at radius 2 is 0.800 bits per heavy atom. The van der Waals surface area contributed by atoms with Crippen LogP contribution in [0.1, 0.15) is 65.7 Å². The van der Waals surface area contributed by atoms with Gasteiger partial charge in [-0.05, 0) is 67.8 Å². The summed E-state index contributed by atoms with van der Waals surface area (Å²) >= 11 is 0. The van der Waals surface area contributed by atoms with Gasteiger partial charge in [-0.15, -0.1) is 0 Å². The average Bonchev–Trinajstić information content (AvgIpc) is 3.24. The van der Waals surface area contributed by atoms with Gasteiger partial charge in [-0.3, -0.25) is 14.5 Å². The largest absolute Gasteiger partial charge is 1.00 e. The molecule has 206 valence electrons. The molecule has 40 heavy (non-hydrogen) atoms. The number of unbranched alkanes of at least 4 members (excludes halogenated alkanes) is 6. The summed E-state index contributed by atoms with van der Waals surface area (Å²) in [5.41, 5.74) is 1.09. The number of amides is 2. The van der Waals surface area contributed by atoms with Crippen molar-refractivity contribution in [1.29, 1.82) is 0 Å². The molecule has 0 N–H and O–H groups in total. The van der Waals surface area contributed by atoms with Crippen molar-refractivity contribution in [3.8, 4) is 0 Å². The number of hydrogen-bond donors (Lipinski definition) is 0. The highest BCUT2D eigenvalue weighted by Crippen LogP contribution is 2.56. The van der Waals surface area contributed by atoms with Gasteiger partial charge in [0.15, 0.2) is 0 Å². The lowest BCUT2D eigenvalue weighted by molar-refractivity contribution is -0.0000310. The van der Waals surface area contributed by atoms with Gasteiger partial charge >= 0.3 is 0 Å². The Morgan fingerprint density at radius 3 is 1.23 bits per heavy atom. The first-order chi connectivity index (χ1) is 19.2. The fraction of sp³-hybridized carbons (Fsp3) is 0.257. The van der Waals surface area contributed by atoms with Gasteiger partial charge in [-0.1, -0.05) is 92.4 Å². The molecule has 0 radical (unpaired) electrons. The Labute approximate surface area is 249 Å². The molecule has 0 fully saturated rings. The molecule has 5 rings (SSSR count). The molecular formula is C35H37BrNO2P. The molecule has 0 atom stereocenters. The van der Waals surface area contributed by atoms with Crippen molar-refractivity contribution in [1.82, 2.24) is 4.90 Å². The van der Waals surface area contributed by atoms with Crippen molar-refractivity contribution in [3.63, 3.8) is 0 Å². The maximum Gasteiger partial charge on any atom is 0.261 e. The normalized spacial score (nSPS) is 12.8. The van der Waals surface area contributed by atoms with Gasteiger partial charge in [-0.2, -0.15) is 0 Å². The van der Waals surface area contributed by atoms with Crippen LogP contribution in [0.4, 0.5) is 0 Å². The molecule has 1 aliphatic heterocycles. The summed E-state index contributed by atoms with van der Waals surface area (Å²) in [5.74, 6) is -0.282. The lowest BCUT2D eigenvalue weighted by Crippen LogP contribution is -3.00. The molecule has 0 aliphatic carbocycles. The Kier molecular flexibility index (Phi) is 10.9. The summed E-state index contributed by atoms with van der Waals surface area (Å²) in [4.78, 5) is 26.5. The van der Waals surface area contributed by atoms with Crippen LogP contribution < -0.4 is 32.9 Å². The Bertz CT molecular complexity index is 1250. The second-order valence-electron chi connectivity index (χ2n) is 10.3. The highest BCUT2D eigenvalue weighted by atomic mass is 79.9. The van der Waals surface area contributed by atoms with E-state index in [-0.39, 0.29) is 28.8 Å². The quantitative estimate of drug-likeness (QED) is 0.130. The van der Waals surface area contributed by atoms with E-state index in [0.717, 1.165) is 19.3 Å². The number of halogens is 1. The third-order valence-corrected chi connectivity index (χ3v) is 12.4. The number of hydrogen-bond acceptors (Lipinski definition) is 2. The van der Waals surface area contributed by atoms with Crippen molar-refractivity contribution in [3.05, 3.63) is 126 Å². The molecule has 0 bridgehead atoms. The highest BCUT2D eigenvalue weighted by Gasteiger charge is 2.44. The molecule has 0 unspecified atom stereocenters. The number of rotatable bonds is 13. The smallest absolute Gasteiger partial charge is 0.261 e. The van der Waals surface area contributed by atoms with E-state index in [1.54, 1.807) is 12.1 Å². The SMILES string of the molecule is O=C1c2ccccc2C(=O)N1CCCCCCCCC[P+](c1ccccc1)(c1ccccc1)c1ccccc1.[Br-]. The summed E-state index contributed by atoms with van der Waals surface area (Å²) in [7, 11) is -1.74. The van der Waals surface area contributed by atoms with Crippen LogP contribution in [0.15, 0.2) is 115 Å². The molecule has 1 aliphatic rings.